The van der Waals surface area contributed by atoms with E-state index in [1.165, 1.54) is 70.0 Å². The lowest BCUT2D eigenvalue weighted by molar-refractivity contribution is 0.283. The van der Waals surface area contributed by atoms with E-state index >= 15 is 0 Å². The molecule has 0 atom stereocenters. The summed E-state index contributed by atoms with van der Waals surface area (Å²) in [5.41, 5.74) is 7.33. The van der Waals surface area contributed by atoms with Crippen molar-refractivity contribution in [3.63, 3.8) is 0 Å². The fraction of sp³-hybridized carbons (Fsp3) is 0.800. The van der Waals surface area contributed by atoms with Gasteiger partial charge in [-0.1, -0.05) is 87.6 Å². The summed E-state index contributed by atoms with van der Waals surface area (Å²) in [4.78, 5) is 0. The number of rotatable bonds is 10. The second kappa shape index (κ2) is 8.75. The van der Waals surface area contributed by atoms with E-state index in [1.807, 2.05) is 0 Å². The Bertz CT molecular complexity index is 718. The SMILES string of the molecule is CCCCCCOc1c2c(cc3c1C(C)(C)CC3(CC)CC)C(CC)(CC)CC2(C)C. The van der Waals surface area contributed by atoms with Crippen LogP contribution in [0.5, 0.6) is 5.75 Å². The van der Waals surface area contributed by atoms with Gasteiger partial charge >= 0.3 is 0 Å². The van der Waals surface area contributed by atoms with Crippen LogP contribution in [0.1, 0.15) is 149 Å². The van der Waals surface area contributed by atoms with Gasteiger partial charge in [-0.25, -0.2) is 0 Å². The first-order valence-electron chi connectivity index (χ1n) is 13.4. The van der Waals surface area contributed by atoms with Crippen LogP contribution in [-0.2, 0) is 21.7 Å². The summed E-state index contributed by atoms with van der Waals surface area (Å²) in [5, 5.41) is 0. The van der Waals surface area contributed by atoms with E-state index in [0.717, 1.165) is 6.61 Å². The van der Waals surface area contributed by atoms with Gasteiger partial charge in [0.1, 0.15) is 5.75 Å². The highest BCUT2D eigenvalue weighted by Gasteiger charge is 2.54. The molecule has 2 aliphatic carbocycles. The van der Waals surface area contributed by atoms with Gasteiger partial charge in [-0.3, -0.25) is 0 Å². The summed E-state index contributed by atoms with van der Waals surface area (Å²) in [5.74, 6) is 1.30. The number of benzene rings is 1. The van der Waals surface area contributed by atoms with Gasteiger partial charge in [0.05, 0.1) is 6.61 Å². The molecule has 0 unspecified atom stereocenters. The third kappa shape index (κ3) is 3.87. The minimum atomic E-state index is 0.175. The summed E-state index contributed by atoms with van der Waals surface area (Å²) < 4.78 is 6.87. The normalized spacial score (nSPS) is 21.7. The molecule has 3 rings (SSSR count). The Morgan fingerprint density at radius 2 is 1.13 bits per heavy atom. The third-order valence-corrected chi connectivity index (χ3v) is 9.29. The molecule has 1 heteroatoms. The number of hydrogen-bond acceptors (Lipinski definition) is 1. The molecule has 0 aliphatic heterocycles. The van der Waals surface area contributed by atoms with Gasteiger partial charge in [0.25, 0.3) is 0 Å². The van der Waals surface area contributed by atoms with Gasteiger partial charge in [-0.2, -0.15) is 0 Å². The monoisotopic (exact) mass is 426 g/mol. The van der Waals surface area contributed by atoms with E-state index in [1.54, 1.807) is 22.3 Å². The van der Waals surface area contributed by atoms with Crippen molar-refractivity contribution in [2.45, 2.75) is 148 Å². The van der Waals surface area contributed by atoms with Crippen LogP contribution in [0.15, 0.2) is 6.07 Å². The maximum Gasteiger partial charge on any atom is 0.127 e. The van der Waals surface area contributed by atoms with Crippen molar-refractivity contribution >= 4 is 0 Å². The molecule has 31 heavy (non-hydrogen) atoms. The molecule has 1 aromatic rings. The Balaban J connectivity index is 2.25. The molecule has 0 N–H and O–H groups in total. The lowest BCUT2D eigenvalue weighted by atomic mass is 9.72. The minimum absolute atomic E-state index is 0.175. The first-order valence-corrected chi connectivity index (χ1v) is 13.4. The van der Waals surface area contributed by atoms with Crippen LogP contribution in [0.4, 0.5) is 0 Å². The second-order valence-electron chi connectivity index (χ2n) is 12.1. The van der Waals surface area contributed by atoms with Crippen molar-refractivity contribution in [2.24, 2.45) is 0 Å². The summed E-state index contributed by atoms with van der Waals surface area (Å²) in [6.07, 6.45) is 12.5. The highest BCUT2D eigenvalue weighted by atomic mass is 16.5. The third-order valence-electron chi connectivity index (χ3n) is 9.29. The van der Waals surface area contributed by atoms with E-state index in [0.29, 0.717) is 10.8 Å². The lowest BCUT2D eigenvalue weighted by Gasteiger charge is -2.32. The Morgan fingerprint density at radius 3 is 1.52 bits per heavy atom. The molecular formula is C30H50O. The van der Waals surface area contributed by atoms with E-state index in [-0.39, 0.29) is 10.8 Å². The van der Waals surface area contributed by atoms with Crippen LogP contribution >= 0.6 is 0 Å². The zero-order valence-corrected chi connectivity index (χ0v) is 22.3. The number of fused-ring (bicyclic) bond motifs is 2. The molecule has 0 bridgehead atoms. The zero-order valence-electron chi connectivity index (χ0n) is 22.3. The van der Waals surface area contributed by atoms with E-state index in [4.69, 9.17) is 4.74 Å². The summed E-state index contributed by atoms with van der Waals surface area (Å²) in [6.45, 7) is 22.7. The van der Waals surface area contributed by atoms with Crippen molar-refractivity contribution in [1.29, 1.82) is 0 Å². The maximum absolute atomic E-state index is 6.87. The summed E-state index contributed by atoms with van der Waals surface area (Å²) in [7, 11) is 0. The topological polar surface area (TPSA) is 9.23 Å². The largest absolute Gasteiger partial charge is 0.493 e. The Kier molecular flexibility index (Phi) is 6.96. The first-order chi connectivity index (χ1) is 14.6. The summed E-state index contributed by atoms with van der Waals surface area (Å²) >= 11 is 0. The standard InChI is InChI=1S/C30H50O/c1-10-15-16-17-18-31-26-24-22(29(11-2,12-3)20-27(24,6)7)19-23-25(26)28(8,9)21-30(23,13-4)14-5/h19H,10-18,20-21H2,1-9H3. The Hall–Kier alpha value is -0.980. The van der Waals surface area contributed by atoms with Crippen molar-refractivity contribution in [3.8, 4) is 5.75 Å². The highest BCUT2D eigenvalue weighted by molar-refractivity contribution is 5.65. The quantitative estimate of drug-likeness (QED) is 0.339. The average Bonchev–Trinajstić information content (AvgIpc) is 3.12. The lowest BCUT2D eigenvalue weighted by Crippen LogP contribution is -2.25. The minimum Gasteiger partial charge on any atom is -0.493 e. The van der Waals surface area contributed by atoms with Crippen molar-refractivity contribution in [2.75, 3.05) is 6.61 Å². The fourth-order valence-corrected chi connectivity index (χ4v) is 7.51. The summed E-state index contributed by atoms with van der Waals surface area (Å²) in [6, 6.07) is 2.69. The first kappa shape index (κ1) is 24.7. The molecular weight excluding hydrogens is 376 g/mol. The fourth-order valence-electron chi connectivity index (χ4n) is 7.51. The van der Waals surface area contributed by atoms with E-state index < -0.39 is 0 Å². The van der Waals surface area contributed by atoms with Crippen LogP contribution in [0.25, 0.3) is 0 Å². The number of hydrogen-bond donors (Lipinski definition) is 0. The smallest absolute Gasteiger partial charge is 0.127 e. The van der Waals surface area contributed by atoms with Crippen LogP contribution in [-0.4, -0.2) is 6.61 Å². The van der Waals surface area contributed by atoms with Crippen LogP contribution in [0.2, 0.25) is 0 Å². The van der Waals surface area contributed by atoms with Gasteiger partial charge in [0.2, 0.25) is 0 Å². The molecule has 0 heterocycles. The zero-order chi connectivity index (χ0) is 23.1. The second-order valence-corrected chi connectivity index (χ2v) is 12.1. The molecule has 0 amide bonds. The molecule has 2 aliphatic rings. The predicted molar refractivity (Wildman–Crippen MR) is 136 cm³/mol. The molecule has 0 spiro atoms. The van der Waals surface area contributed by atoms with Gasteiger partial charge in [0.15, 0.2) is 0 Å². The predicted octanol–water partition coefficient (Wildman–Crippen LogP) is 9.12. The number of unbranched alkanes of at least 4 members (excludes halogenated alkanes) is 3. The van der Waals surface area contributed by atoms with E-state index in [2.05, 4.69) is 68.4 Å². The molecule has 1 nitrogen and oxygen atoms in total. The Labute approximate surface area is 193 Å². The molecule has 0 saturated heterocycles. The average molecular weight is 427 g/mol. The van der Waals surface area contributed by atoms with Crippen molar-refractivity contribution in [1.82, 2.24) is 0 Å². The maximum atomic E-state index is 6.87. The number of ether oxygens (including phenoxy) is 1. The van der Waals surface area contributed by atoms with Gasteiger partial charge < -0.3 is 4.74 Å². The van der Waals surface area contributed by atoms with E-state index in [9.17, 15) is 0 Å². The van der Waals surface area contributed by atoms with Gasteiger partial charge in [-0.15, -0.1) is 0 Å². The van der Waals surface area contributed by atoms with Gasteiger partial charge in [-0.05, 0) is 77.7 Å². The van der Waals surface area contributed by atoms with Crippen molar-refractivity contribution < 1.29 is 4.74 Å². The van der Waals surface area contributed by atoms with Crippen LogP contribution in [0.3, 0.4) is 0 Å². The highest BCUT2D eigenvalue weighted by Crippen LogP contribution is 2.63. The van der Waals surface area contributed by atoms with Gasteiger partial charge in [0, 0.05) is 11.1 Å². The molecule has 0 fully saturated rings. The van der Waals surface area contributed by atoms with Crippen molar-refractivity contribution in [3.05, 3.63) is 28.3 Å². The molecule has 176 valence electrons. The molecule has 0 saturated carbocycles. The molecule has 1 aromatic carbocycles. The Morgan fingerprint density at radius 1 is 0.677 bits per heavy atom. The molecule has 0 radical (unpaired) electrons. The molecule has 0 aromatic heterocycles. The van der Waals surface area contributed by atoms with Crippen LogP contribution in [0, 0.1) is 0 Å². The van der Waals surface area contributed by atoms with Crippen LogP contribution < -0.4 is 4.74 Å².